The maximum Gasteiger partial charge on any atom is 0.329 e. The Morgan fingerprint density at radius 3 is 2.70 bits per heavy atom. The molecule has 0 spiro atoms. The average Bonchev–Trinajstić information content (AvgIpc) is 2.94. The number of aliphatic carboxylic acids is 1. The lowest BCUT2D eigenvalue weighted by Crippen LogP contribution is -2.51. The molecule has 0 saturated carbocycles. The van der Waals surface area contributed by atoms with E-state index in [4.69, 9.17) is 5.11 Å². The Hall–Kier alpha value is -2.28. The summed E-state index contributed by atoms with van der Waals surface area (Å²) in [4.78, 5) is 28.9. The van der Waals surface area contributed by atoms with Gasteiger partial charge in [0.2, 0.25) is 5.91 Å². The van der Waals surface area contributed by atoms with Gasteiger partial charge in [-0.2, -0.15) is 0 Å². The Labute approximate surface area is 137 Å². The molecule has 0 bridgehead atoms. The number of halogens is 1. The van der Waals surface area contributed by atoms with Crippen LogP contribution < -0.4 is 0 Å². The molecule has 5 nitrogen and oxygen atoms in total. The van der Waals surface area contributed by atoms with E-state index in [0.717, 1.165) is 0 Å². The monoisotopic (exact) mass is 336 g/mol. The van der Waals surface area contributed by atoms with Gasteiger partial charge in [0.1, 0.15) is 16.4 Å². The molecular weight excluding hydrogens is 319 g/mol. The third-order valence-corrected chi connectivity index (χ3v) is 4.63. The molecule has 0 aliphatic carbocycles. The Balaban J connectivity index is 2.13. The minimum atomic E-state index is -1.29. The summed E-state index contributed by atoms with van der Waals surface area (Å²) >= 11 is 1.31. The summed E-state index contributed by atoms with van der Waals surface area (Å²) in [6, 6.07) is 6.07. The molecule has 0 fully saturated rings. The molecule has 2 rings (SSSR count). The number of aromatic nitrogens is 1. The van der Waals surface area contributed by atoms with E-state index in [0.29, 0.717) is 16.3 Å². The number of hydrogen-bond acceptors (Lipinski definition) is 4. The van der Waals surface area contributed by atoms with Crippen molar-refractivity contribution in [3.8, 4) is 10.6 Å². The van der Waals surface area contributed by atoms with Crippen LogP contribution in [0.15, 0.2) is 29.6 Å². The fourth-order valence-electron chi connectivity index (χ4n) is 1.87. The van der Waals surface area contributed by atoms with Crippen molar-refractivity contribution >= 4 is 23.2 Å². The molecule has 2 aromatic rings. The van der Waals surface area contributed by atoms with Crippen LogP contribution in [-0.2, 0) is 16.0 Å². The zero-order valence-electron chi connectivity index (χ0n) is 13.0. The standard InChI is InChI=1S/C16H17FN2O3S/c1-16(2,15(21)22)19(3)13(20)8-12-9-23-14(18-12)10-5-4-6-11(17)7-10/h4-7,9H,8H2,1-3H3,(H,21,22). The first-order valence-corrected chi connectivity index (χ1v) is 7.80. The van der Waals surface area contributed by atoms with Crippen LogP contribution >= 0.6 is 11.3 Å². The number of carbonyl (C=O) groups excluding carboxylic acids is 1. The van der Waals surface area contributed by atoms with Crippen LogP contribution in [0.25, 0.3) is 10.6 Å². The molecule has 1 aromatic heterocycles. The van der Waals surface area contributed by atoms with E-state index >= 15 is 0 Å². The maximum atomic E-state index is 13.2. The number of carboxylic acid groups (broad SMARTS) is 1. The van der Waals surface area contributed by atoms with Crippen LogP contribution in [0.2, 0.25) is 0 Å². The summed E-state index contributed by atoms with van der Waals surface area (Å²) in [7, 11) is 1.45. The van der Waals surface area contributed by atoms with Crippen molar-refractivity contribution in [2.45, 2.75) is 25.8 Å². The van der Waals surface area contributed by atoms with Crippen molar-refractivity contribution in [2.24, 2.45) is 0 Å². The first-order chi connectivity index (χ1) is 10.7. The van der Waals surface area contributed by atoms with Crippen molar-refractivity contribution < 1.29 is 19.1 Å². The Morgan fingerprint density at radius 2 is 2.09 bits per heavy atom. The van der Waals surface area contributed by atoms with Gasteiger partial charge in [-0.25, -0.2) is 14.2 Å². The summed E-state index contributed by atoms with van der Waals surface area (Å²) in [5.41, 5.74) is -0.112. The summed E-state index contributed by atoms with van der Waals surface area (Å²) in [5.74, 6) is -1.76. The SMILES string of the molecule is CN(C(=O)Cc1csc(-c2cccc(F)c2)n1)C(C)(C)C(=O)O. The lowest BCUT2D eigenvalue weighted by atomic mass is 10.0. The van der Waals surface area contributed by atoms with E-state index in [9.17, 15) is 14.0 Å². The number of benzene rings is 1. The quantitative estimate of drug-likeness (QED) is 0.911. The van der Waals surface area contributed by atoms with Gasteiger partial charge in [-0.15, -0.1) is 11.3 Å². The normalized spacial score (nSPS) is 11.3. The predicted molar refractivity (Wildman–Crippen MR) is 85.7 cm³/mol. The molecule has 0 unspecified atom stereocenters. The molecule has 0 aliphatic heterocycles. The summed E-state index contributed by atoms with van der Waals surface area (Å²) in [5, 5.41) is 11.5. The van der Waals surface area contributed by atoms with Crippen LogP contribution in [0, 0.1) is 5.82 Å². The number of amides is 1. The zero-order chi connectivity index (χ0) is 17.2. The molecule has 122 valence electrons. The fraction of sp³-hybridized carbons (Fsp3) is 0.312. The van der Waals surface area contributed by atoms with Crippen LogP contribution in [0.3, 0.4) is 0 Å². The van der Waals surface area contributed by atoms with Gasteiger partial charge in [-0.3, -0.25) is 4.79 Å². The first kappa shape index (κ1) is 17.1. The highest BCUT2D eigenvalue weighted by Gasteiger charge is 2.35. The van der Waals surface area contributed by atoms with Crippen molar-refractivity contribution in [1.82, 2.24) is 9.88 Å². The highest BCUT2D eigenvalue weighted by molar-refractivity contribution is 7.13. The van der Waals surface area contributed by atoms with E-state index in [1.807, 2.05) is 0 Å². The second kappa shape index (κ2) is 6.45. The lowest BCUT2D eigenvalue weighted by Gasteiger charge is -2.31. The summed E-state index contributed by atoms with van der Waals surface area (Å²) in [6.45, 7) is 2.93. The van der Waals surface area contributed by atoms with Gasteiger partial charge in [0.25, 0.3) is 0 Å². The lowest BCUT2D eigenvalue weighted by molar-refractivity contribution is -0.155. The smallest absolute Gasteiger partial charge is 0.329 e. The second-order valence-electron chi connectivity index (χ2n) is 5.65. The van der Waals surface area contributed by atoms with Crippen molar-refractivity contribution in [1.29, 1.82) is 0 Å². The van der Waals surface area contributed by atoms with E-state index < -0.39 is 11.5 Å². The molecule has 1 aromatic carbocycles. The minimum absolute atomic E-state index is 0.000967. The van der Waals surface area contributed by atoms with Gasteiger partial charge in [-0.1, -0.05) is 12.1 Å². The van der Waals surface area contributed by atoms with E-state index in [-0.39, 0.29) is 18.1 Å². The third kappa shape index (κ3) is 3.73. The Bertz CT molecular complexity index is 742. The molecule has 1 amide bonds. The topological polar surface area (TPSA) is 70.5 Å². The van der Waals surface area contributed by atoms with Gasteiger partial charge >= 0.3 is 5.97 Å². The number of likely N-dealkylation sites (N-methyl/N-ethyl adjacent to an activating group) is 1. The fourth-order valence-corrected chi connectivity index (χ4v) is 2.69. The Kier molecular flexibility index (Phi) is 4.79. The molecular formula is C16H17FN2O3S. The van der Waals surface area contributed by atoms with Crippen LogP contribution in [0.4, 0.5) is 4.39 Å². The van der Waals surface area contributed by atoms with E-state index in [1.165, 1.54) is 49.3 Å². The van der Waals surface area contributed by atoms with Gasteiger partial charge < -0.3 is 10.0 Å². The molecule has 0 saturated heterocycles. The van der Waals surface area contributed by atoms with Crippen molar-refractivity contribution in [3.63, 3.8) is 0 Å². The second-order valence-corrected chi connectivity index (χ2v) is 6.51. The summed E-state index contributed by atoms with van der Waals surface area (Å²) < 4.78 is 13.2. The number of hydrogen-bond donors (Lipinski definition) is 1. The minimum Gasteiger partial charge on any atom is -0.480 e. The summed E-state index contributed by atoms with van der Waals surface area (Å²) in [6.07, 6.45) is -0.000967. The van der Waals surface area contributed by atoms with Crippen LogP contribution in [0.5, 0.6) is 0 Å². The van der Waals surface area contributed by atoms with Gasteiger partial charge in [0, 0.05) is 18.0 Å². The van der Waals surface area contributed by atoms with Crippen LogP contribution in [-0.4, -0.2) is 39.5 Å². The number of rotatable bonds is 5. The molecule has 23 heavy (non-hydrogen) atoms. The first-order valence-electron chi connectivity index (χ1n) is 6.92. The van der Waals surface area contributed by atoms with Gasteiger partial charge in [0.05, 0.1) is 12.1 Å². The average molecular weight is 336 g/mol. The van der Waals surface area contributed by atoms with Gasteiger partial charge in [-0.05, 0) is 26.0 Å². The zero-order valence-corrected chi connectivity index (χ0v) is 13.9. The van der Waals surface area contributed by atoms with E-state index in [1.54, 1.807) is 17.5 Å². The number of nitrogens with zero attached hydrogens (tertiary/aromatic N) is 2. The number of thiazole rings is 1. The largest absolute Gasteiger partial charge is 0.480 e. The third-order valence-electron chi connectivity index (χ3n) is 3.69. The Morgan fingerprint density at radius 1 is 1.39 bits per heavy atom. The maximum absolute atomic E-state index is 13.2. The number of carbonyl (C=O) groups is 2. The molecule has 0 atom stereocenters. The van der Waals surface area contributed by atoms with Crippen molar-refractivity contribution in [3.05, 3.63) is 41.2 Å². The molecule has 0 aliphatic rings. The van der Waals surface area contributed by atoms with Gasteiger partial charge in [0.15, 0.2) is 0 Å². The van der Waals surface area contributed by atoms with Crippen LogP contribution in [0.1, 0.15) is 19.5 Å². The highest BCUT2D eigenvalue weighted by atomic mass is 32.1. The predicted octanol–water partition coefficient (Wildman–Crippen LogP) is 2.81. The van der Waals surface area contributed by atoms with Crippen molar-refractivity contribution in [2.75, 3.05) is 7.05 Å². The highest BCUT2D eigenvalue weighted by Crippen LogP contribution is 2.25. The number of carboxylic acids is 1. The molecule has 0 radical (unpaired) electrons. The molecule has 7 heteroatoms. The molecule has 1 N–H and O–H groups in total. The van der Waals surface area contributed by atoms with E-state index in [2.05, 4.69) is 4.98 Å². The molecule has 1 heterocycles.